The van der Waals surface area contributed by atoms with E-state index in [1.165, 1.54) is 0 Å². The Morgan fingerprint density at radius 2 is 1.87 bits per heavy atom. The average molecular weight is 312 g/mol. The molecule has 1 heterocycles. The molecule has 0 spiro atoms. The Morgan fingerprint density at radius 3 is 2.61 bits per heavy atom. The summed E-state index contributed by atoms with van der Waals surface area (Å²) in [7, 11) is 0. The van der Waals surface area contributed by atoms with Crippen molar-refractivity contribution in [2.24, 2.45) is 5.92 Å². The van der Waals surface area contributed by atoms with Crippen LogP contribution in [0.3, 0.4) is 0 Å². The standard InChI is InChI=1S/C18H20N2O3/c21-17(13-6-1-2-7-13)20-16-10-4-3-9-15(16)18(22)19-12-14-8-5-11-23-14/h3-5,8-11,13H,1-2,6-7,12H2,(H,19,22)(H,20,21). The van der Waals surface area contributed by atoms with Gasteiger partial charge in [0.15, 0.2) is 0 Å². The SMILES string of the molecule is O=C(NCc1ccco1)c1ccccc1NC(=O)C1CCCC1. The fraction of sp³-hybridized carbons (Fsp3) is 0.333. The Morgan fingerprint density at radius 1 is 1.09 bits per heavy atom. The Balaban J connectivity index is 1.66. The molecule has 0 radical (unpaired) electrons. The molecule has 1 fully saturated rings. The first-order valence-electron chi connectivity index (χ1n) is 7.94. The van der Waals surface area contributed by atoms with Crippen LogP contribution in [0.25, 0.3) is 0 Å². The van der Waals surface area contributed by atoms with Crippen molar-refractivity contribution in [3.63, 3.8) is 0 Å². The highest BCUT2D eigenvalue weighted by molar-refractivity contribution is 6.04. The summed E-state index contributed by atoms with van der Waals surface area (Å²) in [6.45, 7) is 0.316. The first-order chi connectivity index (χ1) is 11.2. The van der Waals surface area contributed by atoms with Gasteiger partial charge in [-0.05, 0) is 37.1 Å². The van der Waals surface area contributed by atoms with E-state index in [1.807, 2.05) is 6.07 Å². The average Bonchev–Trinajstić information content (AvgIpc) is 3.26. The van der Waals surface area contributed by atoms with Crippen molar-refractivity contribution >= 4 is 17.5 Å². The highest BCUT2D eigenvalue weighted by Gasteiger charge is 2.23. The Labute approximate surface area is 135 Å². The summed E-state index contributed by atoms with van der Waals surface area (Å²) >= 11 is 0. The Hall–Kier alpha value is -2.56. The number of hydrogen-bond donors (Lipinski definition) is 2. The number of anilines is 1. The fourth-order valence-corrected chi connectivity index (χ4v) is 2.89. The lowest BCUT2D eigenvalue weighted by atomic mass is 10.1. The van der Waals surface area contributed by atoms with E-state index in [4.69, 9.17) is 4.42 Å². The van der Waals surface area contributed by atoms with E-state index < -0.39 is 0 Å². The third-order valence-corrected chi connectivity index (χ3v) is 4.16. The third kappa shape index (κ3) is 3.80. The normalized spacial score (nSPS) is 14.6. The Kier molecular flexibility index (Phi) is 4.76. The second-order valence-corrected chi connectivity index (χ2v) is 5.78. The number of rotatable bonds is 5. The van der Waals surface area contributed by atoms with Crippen molar-refractivity contribution in [1.29, 1.82) is 0 Å². The van der Waals surface area contributed by atoms with Gasteiger partial charge in [-0.2, -0.15) is 0 Å². The summed E-state index contributed by atoms with van der Waals surface area (Å²) in [6.07, 6.45) is 5.63. The molecule has 0 saturated heterocycles. The molecule has 0 atom stereocenters. The van der Waals surface area contributed by atoms with Crippen LogP contribution in [0.15, 0.2) is 47.1 Å². The fourth-order valence-electron chi connectivity index (χ4n) is 2.89. The smallest absolute Gasteiger partial charge is 0.253 e. The summed E-state index contributed by atoms with van der Waals surface area (Å²) in [6, 6.07) is 10.6. The minimum atomic E-state index is -0.233. The molecular weight excluding hydrogens is 292 g/mol. The van der Waals surface area contributed by atoms with Crippen molar-refractivity contribution < 1.29 is 14.0 Å². The van der Waals surface area contributed by atoms with Gasteiger partial charge in [0.2, 0.25) is 5.91 Å². The monoisotopic (exact) mass is 312 g/mol. The molecule has 2 amide bonds. The lowest BCUT2D eigenvalue weighted by molar-refractivity contribution is -0.119. The van der Waals surface area contributed by atoms with Gasteiger partial charge in [-0.1, -0.05) is 25.0 Å². The zero-order valence-electron chi connectivity index (χ0n) is 12.9. The van der Waals surface area contributed by atoms with Crippen LogP contribution in [-0.2, 0) is 11.3 Å². The molecule has 1 aromatic carbocycles. The molecule has 1 saturated carbocycles. The van der Waals surface area contributed by atoms with Gasteiger partial charge in [0.25, 0.3) is 5.91 Å². The molecule has 1 aliphatic rings. The van der Waals surface area contributed by atoms with Crippen LogP contribution in [0.1, 0.15) is 41.8 Å². The van der Waals surface area contributed by atoms with Gasteiger partial charge >= 0.3 is 0 Å². The molecule has 5 heteroatoms. The zero-order valence-corrected chi connectivity index (χ0v) is 12.9. The summed E-state index contributed by atoms with van der Waals surface area (Å²) < 4.78 is 5.20. The summed E-state index contributed by atoms with van der Waals surface area (Å²) in [4.78, 5) is 24.6. The minimum Gasteiger partial charge on any atom is -0.467 e. The molecule has 2 aromatic rings. The Bertz CT molecular complexity index is 673. The van der Waals surface area contributed by atoms with Gasteiger partial charge in [0.1, 0.15) is 5.76 Å². The van der Waals surface area contributed by atoms with Crippen molar-refractivity contribution in [1.82, 2.24) is 5.32 Å². The molecule has 0 unspecified atom stereocenters. The largest absolute Gasteiger partial charge is 0.467 e. The number of amides is 2. The van der Waals surface area contributed by atoms with Crippen molar-refractivity contribution in [3.8, 4) is 0 Å². The highest BCUT2D eigenvalue weighted by Crippen LogP contribution is 2.26. The lowest BCUT2D eigenvalue weighted by Crippen LogP contribution is -2.26. The van der Waals surface area contributed by atoms with E-state index in [-0.39, 0.29) is 17.7 Å². The zero-order chi connectivity index (χ0) is 16.1. The number of para-hydroxylation sites is 1. The molecular formula is C18H20N2O3. The summed E-state index contributed by atoms with van der Waals surface area (Å²) in [5, 5.41) is 5.70. The predicted octanol–water partition coefficient (Wildman–Crippen LogP) is 3.34. The lowest BCUT2D eigenvalue weighted by Gasteiger charge is -2.13. The number of hydrogen-bond acceptors (Lipinski definition) is 3. The molecule has 2 N–H and O–H groups in total. The van der Waals surface area contributed by atoms with Gasteiger partial charge in [-0.3, -0.25) is 9.59 Å². The van der Waals surface area contributed by atoms with Crippen LogP contribution >= 0.6 is 0 Å². The number of nitrogens with one attached hydrogen (secondary N) is 2. The van der Waals surface area contributed by atoms with E-state index in [2.05, 4.69) is 10.6 Å². The van der Waals surface area contributed by atoms with E-state index in [0.29, 0.717) is 23.6 Å². The predicted molar refractivity (Wildman–Crippen MR) is 86.9 cm³/mol. The van der Waals surface area contributed by atoms with Gasteiger partial charge in [0.05, 0.1) is 24.1 Å². The van der Waals surface area contributed by atoms with Crippen molar-refractivity contribution in [3.05, 3.63) is 54.0 Å². The van der Waals surface area contributed by atoms with Crippen molar-refractivity contribution in [2.45, 2.75) is 32.2 Å². The van der Waals surface area contributed by atoms with E-state index in [1.54, 1.807) is 36.6 Å². The van der Waals surface area contributed by atoms with Crippen LogP contribution in [0.4, 0.5) is 5.69 Å². The molecule has 1 aromatic heterocycles. The van der Waals surface area contributed by atoms with Gasteiger partial charge in [-0.15, -0.1) is 0 Å². The van der Waals surface area contributed by atoms with Gasteiger partial charge in [-0.25, -0.2) is 0 Å². The van der Waals surface area contributed by atoms with E-state index in [9.17, 15) is 9.59 Å². The molecule has 5 nitrogen and oxygen atoms in total. The second-order valence-electron chi connectivity index (χ2n) is 5.78. The summed E-state index contributed by atoms with van der Waals surface area (Å²) in [5.41, 5.74) is 1.02. The maximum atomic E-state index is 12.4. The summed E-state index contributed by atoms with van der Waals surface area (Å²) in [5.74, 6) is 0.526. The topological polar surface area (TPSA) is 71.3 Å². The van der Waals surface area contributed by atoms with Crippen LogP contribution in [0.5, 0.6) is 0 Å². The molecule has 1 aliphatic carbocycles. The van der Waals surface area contributed by atoms with Crippen LogP contribution in [0.2, 0.25) is 0 Å². The van der Waals surface area contributed by atoms with E-state index in [0.717, 1.165) is 25.7 Å². The maximum absolute atomic E-state index is 12.4. The second kappa shape index (κ2) is 7.13. The van der Waals surface area contributed by atoms with Crippen LogP contribution < -0.4 is 10.6 Å². The van der Waals surface area contributed by atoms with Crippen LogP contribution in [-0.4, -0.2) is 11.8 Å². The number of carbonyl (C=O) groups excluding carboxylic acids is 2. The molecule has 0 aliphatic heterocycles. The first kappa shape index (κ1) is 15.3. The molecule has 0 bridgehead atoms. The van der Waals surface area contributed by atoms with Crippen LogP contribution in [0, 0.1) is 5.92 Å². The highest BCUT2D eigenvalue weighted by atomic mass is 16.3. The quantitative estimate of drug-likeness (QED) is 0.889. The number of furan rings is 1. The van der Waals surface area contributed by atoms with Gasteiger partial charge < -0.3 is 15.1 Å². The molecule has 23 heavy (non-hydrogen) atoms. The minimum absolute atomic E-state index is 0.00813. The van der Waals surface area contributed by atoms with Gasteiger partial charge in [0, 0.05) is 5.92 Å². The molecule has 3 rings (SSSR count). The molecule has 120 valence electrons. The number of benzene rings is 1. The third-order valence-electron chi connectivity index (χ3n) is 4.16. The first-order valence-corrected chi connectivity index (χ1v) is 7.94. The van der Waals surface area contributed by atoms with E-state index >= 15 is 0 Å². The number of carbonyl (C=O) groups is 2. The maximum Gasteiger partial charge on any atom is 0.253 e. The van der Waals surface area contributed by atoms with Crippen molar-refractivity contribution in [2.75, 3.05) is 5.32 Å².